The summed E-state index contributed by atoms with van der Waals surface area (Å²) in [6.07, 6.45) is 0.602. The molecule has 0 aromatic heterocycles. The third kappa shape index (κ3) is 5.12. The second kappa shape index (κ2) is 9.06. The first kappa shape index (κ1) is 20.8. The van der Waals surface area contributed by atoms with Gasteiger partial charge in [0, 0.05) is 12.0 Å². The summed E-state index contributed by atoms with van der Waals surface area (Å²) in [6, 6.07) is 12.5. The maximum absolute atomic E-state index is 12.4. The Labute approximate surface area is 169 Å². The summed E-state index contributed by atoms with van der Waals surface area (Å²) in [4.78, 5) is 23.9. The molecule has 0 saturated heterocycles. The number of carbonyl (C=O) groups excluding carboxylic acids is 2. The standard InChI is InChI=1S/C20H22N2O6S/c1-2-27-20(24)14-7-9-15(10-8-14)29(25,26)21-13-19(23)22-17-11-12-28-18-6-4-3-5-16(17)18/h3-10,17,21H,2,11-13H2,1H3,(H,22,23)/t17-/m0/s1. The van der Waals surface area contributed by atoms with Gasteiger partial charge in [-0.15, -0.1) is 0 Å². The molecule has 0 aliphatic carbocycles. The van der Waals surface area contributed by atoms with Crippen molar-refractivity contribution in [3.8, 4) is 5.75 Å². The van der Waals surface area contributed by atoms with Crippen molar-refractivity contribution in [2.75, 3.05) is 19.8 Å². The van der Waals surface area contributed by atoms with E-state index in [1.54, 1.807) is 6.92 Å². The number of nitrogens with one attached hydrogen (secondary N) is 2. The summed E-state index contributed by atoms with van der Waals surface area (Å²) in [5.41, 5.74) is 1.12. The molecule has 1 amide bonds. The topological polar surface area (TPSA) is 111 Å². The minimum atomic E-state index is -3.90. The largest absolute Gasteiger partial charge is 0.493 e. The summed E-state index contributed by atoms with van der Waals surface area (Å²) in [7, 11) is -3.90. The molecule has 1 aliphatic rings. The molecule has 9 heteroatoms. The van der Waals surface area contributed by atoms with Crippen LogP contribution in [0.15, 0.2) is 53.4 Å². The zero-order valence-corrected chi connectivity index (χ0v) is 16.7. The third-order valence-electron chi connectivity index (χ3n) is 4.39. The number of carbonyl (C=O) groups is 2. The van der Waals surface area contributed by atoms with E-state index in [9.17, 15) is 18.0 Å². The first-order valence-electron chi connectivity index (χ1n) is 9.18. The van der Waals surface area contributed by atoms with Gasteiger partial charge in [-0.2, -0.15) is 0 Å². The van der Waals surface area contributed by atoms with Crippen molar-refractivity contribution in [2.24, 2.45) is 0 Å². The molecule has 2 N–H and O–H groups in total. The number of hydrogen-bond donors (Lipinski definition) is 2. The van der Waals surface area contributed by atoms with Crippen molar-refractivity contribution >= 4 is 21.9 Å². The van der Waals surface area contributed by atoms with Gasteiger partial charge in [0.05, 0.1) is 36.3 Å². The maximum atomic E-state index is 12.4. The molecular formula is C20H22N2O6S. The molecule has 0 unspecified atom stereocenters. The molecule has 1 aliphatic heterocycles. The Hall–Kier alpha value is -2.91. The number of esters is 1. The van der Waals surface area contributed by atoms with Crippen LogP contribution in [0.5, 0.6) is 5.75 Å². The number of ether oxygens (including phenoxy) is 2. The number of hydrogen-bond acceptors (Lipinski definition) is 6. The SMILES string of the molecule is CCOC(=O)c1ccc(S(=O)(=O)NCC(=O)N[C@H]2CCOc3ccccc32)cc1. The van der Waals surface area contributed by atoms with Gasteiger partial charge in [-0.05, 0) is 37.3 Å². The van der Waals surface area contributed by atoms with Gasteiger partial charge in [-0.3, -0.25) is 4.79 Å². The number of amides is 1. The van der Waals surface area contributed by atoms with Crippen molar-refractivity contribution in [1.29, 1.82) is 0 Å². The van der Waals surface area contributed by atoms with Crippen LogP contribution in [0.1, 0.15) is 35.3 Å². The molecule has 1 atom stereocenters. The average molecular weight is 418 g/mol. The van der Waals surface area contributed by atoms with Crippen LogP contribution in [0, 0.1) is 0 Å². The third-order valence-corrected chi connectivity index (χ3v) is 5.81. The van der Waals surface area contributed by atoms with Gasteiger partial charge in [0.25, 0.3) is 0 Å². The number of rotatable bonds is 7. The Bertz CT molecular complexity index is 988. The van der Waals surface area contributed by atoms with Crippen molar-refractivity contribution in [3.63, 3.8) is 0 Å². The summed E-state index contributed by atoms with van der Waals surface area (Å²) in [5, 5.41) is 2.83. The monoisotopic (exact) mass is 418 g/mol. The fourth-order valence-corrected chi connectivity index (χ4v) is 3.95. The zero-order valence-electron chi connectivity index (χ0n) is 15.9. The van der Waals surface area contributed by atoms with E-state index < -0.39 is 28.4 Å². The second-order valence-electron chi connectivity index (χ2n) is 6.36. The van der Waals surface area contributed by atoms with Crippen LogP contribution in [-0.2, 0) is 19.6 Å². The minimum Gasteiger partial charge on any atom is -0.493 e. The lowest BCUT2D eigenvalue weighted by molar-refractivity contribution is -0.120. The van der Waals surface area contributed by atoms with Gasteiger partial charge in [0.1, 0.15) is 5.75 Å². The molecular weight excluding hydrogens is 396 g/mol. The molecule has 1 heterocycles. The normalized spacial score (nSPS) is 15.7. The molecule has 0 fully saturated rings. The highest BCUT2D eigenvalue weighted by molar-refractivity contribution is 7.89. The molecule has 3 rings (SSSR count). The lowest BCUT2D eigenvalue weighted by atomic mass is 10.0. The lowest BCUT2D eigenvalue weighted by Crippen LogP contribution is -2.39. The first-order chi connectivity index (χ1) is 13.9. The van der Waals surface area contributed by atoms with E-state index in [2.05, 4.69) is 10.0 Å². The predicted molar refractivity (Wildman–Crippen MR) is 105 cm³/mol. The van der Waals surface area contributed by atoms with Gasteiger partial charge in [0.2, 0.25) is 15.9 Å². The summed E-state index contributed by atoms with van der Waals surface area (Å²) in [6.45, 7) is 1.99. The van der Waals surface area contributed by atoms with Gasteiger partial charge >= 0.3 is 5.97 Å². The van der Waals surface area contributed by atoms with Crippen molar-refractivity contribution in [3.05, 3.63) is 59.7 Å². The summed E-state index contributed by atoms with van der Waals surface area (Å²) < 4.78 is 37.5. The van der Waals surface area contributed by atoms with Crippen LogP contribution in [0.2, 0.25) is 0 Å². The van der Waals surface area contributed by atoms with Crippen LogP contribution < -0.4 is 14.8 Å². The fourth-order valence-electron chi connectivity index (χ4n) is 2.97. The molecule has 154 valence electrons. The van der Waals surface area contributed by atoms with Gasteiger partial charge in [-0.25, -0.2) is 17.9 Å². The fraction of sp³-hybridized carbons (Fsp3) is 0.300. The van der Waals surface area contributed by atoms with Crippen LogP contribution in [0.4, 0.5) is 0 Å². The lowest BCUT2D eigenvalue weighted by Gasteiger charge is -2.26. The summed E-state index contributed by atoms with van der Waals surface area (Å²) >= 11 is 0. The van der Waals surface area contributed by atoms with E-state index in [0.29, 0.717) is 18.8 Å². The Morgan fingerprint density at radius 2 is 1.86 bits per heavy atom. The van der Waals surface area contributed by atoms with E-state index in [4.69, 9.17) is 9.47 Å². The van der Waals surface area contributed by atoms with E-state index in [-0.39, 0.29) is 23.1 Å². The summed E-state index contributed by atoms with van der Waals surface area (Å²) in [5.74, 6) is -0.259. The quantitative estimate of drug-likeness (QED) is 0.663. The van der Waals surface area contributed by atoms with Gasteiger partial charge < -0.3 is 14.8 Å². The number of fused-ring (bicyclic) bond motifs is 1. The van der Waals surface area contributed by atoms with Crippen molar-refractivity contribution < 1.29 is 27.5 Å². The first-order valence-corrected chi connectivity index (χ1v) is 10.7. The Morgan fingerprint density at radius 1 is 1.14 bits per heavy atom. The molecule has 0 radical (unpaired) electrons. The molecule has 0 spiro atoms. The van der Waals surface area contributed by atoms with Gasteiger partial charge in [-0.1, -0.05) is 18.2 Å². The van der Waals surface area contributed by atoms with E-state index >= 15 is 0 Å². The Morgan fingerprint density at radius 3 is 2.59 bits per heavy atom. The number of sulfonamides is 1. The Kier molecular flexibility index (Phi) is 6.50. The van der Waals surface area contributed by atoms with Crippen LogP contribution in [0.3, 0.4) is 0 Å². The van der Waals surface area contributed by atoms with Crippen LogP contribution in [-0.4, -0.2) is 40.1 Å². The highest BCUT2D eigenvalue weighted by Gasteiger charge is 2.23. The Balaban J connectivity index is 1.59. The molecule has 0 saturated carbocycles. The smallest absolute Gasteiger partial charge is 0.338 e. The highest BCUT2D eigenvalue weighted by atomic mass is 32.2. The minimum absolute atomic E-state index is 0.0465. The zero-order chi connectivity index (χ0) is 20.9. The predicted octanol–water partition coefficient (Wildman–Crippen LogP) is 1.78. The van der Waals surface area contributed by atoms with E-state index in [0.717, 1.165) is 5.56 Å². The highest BCUT2D eigenvalue weighted by Crippen LogP contribution is 2.31. The number of para-hydroxylation sites is 1. The molecule has 2 aromatic rings. The molecule has 0 bridgehead atoms. The van der Waals surface area contributed by atoms with Crippen LogP contribution in [0.25, 0.3) is 0 Å². The van der Waals surface area contributed by atoms with Gasteiger partial charge in [0.15, 0.2) is 0 Å². The second-order valence-corrected chi connectivity index (χ2v) is 8.13. The molecule has 8 nitrogen and oxygen atoms in total. The van der Waals surface area contributed by atoms with E-state index in [1.807, 2.05) is 24.3 Å². The average Bonchev–Trinajstić information content (AvgIpc) is 2.73. The molecule has 2 aromatic carbocycles. The van der Waals surface area contributed by atoms with E-state index in [1.165, 1.54) is 24.3 Å². The number of benzene rings is 2. The van der Waals surface area contributed by atoms with Crippen LogP contribution >= 0.6 is 0 Å². The van der Waals surface area contributed by atoms with Crippen molar-refractivity contribution in [1.82, 2.24) is 10.0 Å². The molecule has 29 heavy (non-hydrogen) atoms. The maximum Gasteiger partial charge on any atom is 0.338 e. The van der Waals surface area contributed by atoms with Crippen molar-refractivity contribution in [2.45, 2.75) is 24.3 Å².